The van der Waals surface area contributed by atoms with Gasteiger partial charge >= 0.3 is 0 Å². The topological polar surface area (TPSA) is 65.5 Å². The van der Waals surface area contributed by atoms with Crippen LogP contribution in [-0.4, -0.2) is 39.1 Å². The van der Waals surface area contributed by atoms with E-state index in [1.807, 2.05) is 24.6 Å². The minimum atomic E-state index is -0.00185. The molecule has 5 nitrogen and oxygen atoms in total. The summed E-state index contributed by atoms with van der Waals surface area (Å²) in [6.45, 7) is 1.43. The fraction of sp³-hybridized carbons (Fsp3) is 0.455. The zero-order valence-corrected chi connectivity index (χ0v) is 13.7. The fourth-order valence-corrected chi connectivity index (χ4v) is 1.91. The quantitative estimate of drug-likeness (QED) is 0.311. The molecule has 18 heavy (non-hydrogen) atoms. The number of hydrogen-bond acceptors (Lipinski definition) is 3. The monoisotopic (exact) mass is 382 g/mol. The molecule has 1 amide bonds. The molecule has 0 atom stereocenters. The van der Waals surface area contributed by atoms with Gasteiger partial charge in [-0.1, -0.05) is 6.07 Å². The Morgan fingerprint density at radius 1 is 1.39 bits per heavy atom. The Balaban J connectivity index is 0.00000289. The summed E-state index contributed by atoms with van der Waals surface area (Å²) in [7, 11) is 3.53. The largest absolute Gasteiger partial charge is 0.359 e. The van der Waals surface area contributed by atoms with E-state index in [4.69, 9.17) is 0 Å². The minimum Gasteiger partial charge on any atom is -0.359 e. The molecule has 0 aliphatic rings. The molecule has 1 heterocycles. The Morgan fingerprint density at radius 2 is 2.11 bits per heavy atom. The predicted octanol–water partition coefficient (Wildman–Crippen LogP) is 1.28. The van der Waals surface area contributed by atoms with Crippen LogP contribution in [0.5, 0.6) is 0 Å². The molecule has 3 N–H and O–H groups in total. The van der Waals surface area contributed by atoms with Gasteiger partial charge in [0.25, 0.3) is 5.91 Å². The SMILES string of the molecule is CN=C(NC)NCCCNC(=O)c1cccs1.I. The first kappa shape index (κ1) is 17.2. The van der Waals surface area contributed by atoms with E-state index in [9.17, 15) is 4.79 Å². The summed E-state index contributed by atoms with van der Waals surface area (Å²) in [5.41, 5.74) is 0. The molecular formula is C11H19IN4OS. The first-order valence-electron chi connectivity index (χ1n) is 5.48. The average Bonchev–Trinajstić information content (AvgIpc) is 2.87. The third-order valence-corrected chi connectivity index (χ3v) is 3.01. The van der Waals surface area contributed by atoms with Gasteiger partial charge in [0.15, 0.2) is 5.96 Å². The number of hydrogen-bond donors (Lipinski definition) is 3. The zero-order valence-electron chi connectivity index (χ0n) is 10.5. The first-order chi connectivity index (χ1) is 8.27. The Hall–Kier alpha value is -0.830. The third kappa shape index (κ3) is 6.20. The van der Waals surface area contributed by atoms with Crippen LogP contribution in [0.3, 0.4) is 0 Å². The second-order valence-electron chi connectivity index (χ2n) is 3.34. The van der Waals surface area contributed by atoms with Gasteiger partial charge in [0.2, 0.25) is 0 Å². The highest BCUT2D eigenvalue weighted by molar-refractivity contribution is 14.0. The molecule has 0 aromatic carbocycles. The normalized spacial score (nSPS) is 10.4. The van der Waals surface area contributed by atoms with E-state index in [-0.39, 0.29) is 29.9 Å². The van der Waals surface area contributed by atoms with Crippen LogP contribution in [0.25, 0.3) is 0 Å². The van der Waals surface area contributed by atoms with Gasteiger partial charge in [-0.05, 0) is 17.9 Å². The molecule has 0 saturated carbocycles. The van der Waals surface area contributed by atoms with Crippen molar-refractivity contribution in [1.29, 1.82) is 0 Å². The highest BCUT2D eigenvalue weighted by Gasteiger charge is 2.04. The van der Waals surface area contributed by atoms with Gasteiger partial charge in [0.05, 0.1) is 4.88 Å². The third-order valence-electron chi connectivity index (χ3n) is 2.14. The maximum Gasteiger partial charge on any atom is 0.261 e. The summed E-state index contributed by atoms with van der Waals surface area (Å²) >= 11 is 1.45. The summed E-state index contributed by atoms with van der Waals surface area (Å²) in [6, 6.07) is 3.69. The van der Waals surface area contributed by atoms with Crippen LogP contribution in [-0.2, 0) is 0 Å². The van der Waals surface area contributed by atoms with Crippen LogP contribution < -0.4 is 16.0 Å². The Bertz CT molecular complexity index is 367. The van der Waals surface area contributed by atoms with Crippen molar-refractivity contribution in [3.05, 3.63) is 22.4 Å². The summed E-state index contributed by atoms with van der Waals surface area (Å²) in [5.74, 6) is 0.757. The number of amides is 1. The van der Waals surface area contributed by atoms with E-state index in [1.165, 1.54) is 11.3 Å². The van der Waals surface area contributed by atoms with Gasteiger partial charge in [0, 0.05) is 27.2 Å². The lowest BCUT2D eigenvalue weighted by Crippen LogP contribution is -2.36. The number of carbonyl (C=O) groups excluding carboxylic acids is 1. The smallest absolute Gasteiger partial charge is 0.261 e. The second-order valence-corrected chi connectivity index (χ2v) is 4.28. The van der Waals surface area contributed by atoms with Gasteiger partial charge in [-0.25, -0.2) is 0 Å². The Labute approximate surface area is 128 Å². The average molecular weight is 382 g/mol. The molecule has 0 spiro atoms. The van der Waals surface area contributed by atoms with Crippen molar-refractivity contribution in [2.45, 2.75) is 6.42 Å². The zero-order chi connectivity index (χ0) is 12.5. The first-order valence-corrected chi connectivity index (χ1v) is 6.36. The molecule has 1 aromatic rings. The van der Waals surface area contributed by atoms with Crippen molar-refractivity contribution >= 4 is 47.2 Å². The van der Waals surface area contributed by atoms with Gasteiger partial charge in [-0.15, -0.1) is 35.3 Å². The van der Waals surface area contributed by atoms with E-state index in [2.05, 4.69) is 20.9 Å². The maximum absolute atomic E-state index is 11.6. The van der Waals surface area contributed by atoms with E-state index in [0.29, 0.717) is 6.54 Å². The number of guanidine groups is 1. The number of thiophene rings is 1. The number of halogens is 1. The Kier molecular flexibility index (Phi) is 9.66. The Morgan fingerprint density at radius 3 is 2.67 bits per heavy atom. The van der Waals surface area contributed by atoms with Crippen molar-refractivity contribution < 1.29 is 4.79 Å². The lowest BCUT2D eigenvalue weighted by Gasteiger charge is -2.08. The molecule has 0 bridgehead atoms. The lowest BCUT2D eigenvalue weighted by molar-refractivity contribution is 0.0957. The minimum absolute atomic E-state index is 0. The van der Waals surface area contributed by atoms with Gasteiger partial charge < -0.3 is 16.0 Å². The number of nitrogens with one attached hydrogen (secondary N) is 3. The van der Waals surface area contributed by atoms with E-state index >= 15 is 0 Å². The molecular weight excluding hydrogens is 363 g/mol. The number of nitrogens with zero attached hydrogens (tertiary/aromatic N) is 1. The molecule has 1 aromatic heterocycles. The van der Waals surface area contributed by atoms with Crippen LogP contribution in [0.4, 0.5) is 0 Å². The second kappa shape index (κ2) is 10.1. The van der Waals surface area contributed by atoms with Crippen LogP contribution in [0.1, 0.15) is 16.1 Å². The van der Waals surface area contributed by atoms with E-state index in [0.717, 1.165) is 23.8 Å². The summed E-state index contributed by atoms with van der Waals surface area (Å²) in [4.78, 5) is 16.3. The highest BCUT2D eigenvalue weighted by atomic mass is 127. The van der Waals surface area contributed by atoms with E-state index in [1.54, 1.807) is 7.05 Å². The van der Waals surface area contributed by atoms with Crippen LogP contribution >= 0.6 is 35.3 Å². The van der Waals surface area contributed by atoms with Crippen LogP contribution in [0, 0.1) is 0 Å². The molecule has 0 radical (unpaired) electrons. The maximum atomic E-state index is 11.6. The standard InChI is InChI=1S/C11H18N4OS.HI/c1-12-11(13-2)15-7-4-6-14-10(16)9-5-3-8-17-9;/h3,5,8H,4,6-7H2,1-2H3,(H,14,16)(H2,12,13,15);1H. The molecule has 0 saturated heterocycles. The number of carbonyl (C=O) groups is 1. The van der Waals surface area contributed by atoms with Crippen molar-refractivity contribution in [1.82, 2.24) is 16.0 Å². The molecule has 102 valence electrons. The van der Waals surface area contributed by atoms with Gasteiger partial charge in [-0.2, -0.15) is 0 Å². The molecule has 0 unspecified atom stereocenters. The highest BCUT2D eigenvalue weighted by Crippen LogP contribution is 2.07. The van der Waals surface area contributed by atoms with Crippen molar-refractivity contribution in [3.63, 3.8) is 0 Å². The predicted molar refractivity (Wildman–Crippen MR) is 87.1 cm³/mol. The number of aliphatic imine (C=N–C) groups is 1. The van der Waals surface area contributed by atoms with Crippen molar-refractivity contribution in [2.24, 2.45) is 4.99 Å². The molecule has 7 heteroatoms. The number of rotatable bonds is 5. The molecule has 0 aliphatic heterocycles. The molecule has 0 fully saturated rings. The summed E-state index contributed by atoms with van der Waals surface area (Å²) in [6.07, 6.45) is 0.859. The summed E-state index contributed by atoms with van der Waals surface area (Å²) in [5, 5.41) is 10.8. The van der Waals surface area contributed by atoms with Crippen LogP contribution in [0.2, 0.25) is 0 Å². The molecule has 1 rings (SSSR count). The molecule has 0 aliphatic carbocycles. The van der Waals surface area contributed by atoms with E-state index < -0.39 is 0 Å². The van der Waals surface area contributed by atoms with Crippen LogP contribution in [0.15, 0.2) is 22.5 Å². The van der Waals surface area contributed by atoms with Gasteiger partial charge in [-0.3, -0.25) is 9.79 Å². The lowest BCUT2D eigenvalue weighted by atomic mass is 10.4. The van der Waals surface area contributed by atoms with Gasteiger partial charge in [0.1, 0.15) is 0 Å². The fourth-order valence-electron chi connectivity index (χ4n) is 1.27. The van der Waals surface area contributed by atoms with Crippen molar-refractivity contribution in [2.75, 3.05) is 27.2 Å². The summed E-state index contributed by atoms with van der Waals surface area (Å²) < 4.78 is 0. The van der Waals surface area contributed by atoms with Crippen molar-refractivity contribution in [3.8, 4) is 0 Å².